The van der Waals surface area contributed by atoms with Gasteiger partial charge in [-0.15, -0.1) is 0 Å². The lowest BCUT2D eigenvalue weighted by molar-refractivity contribution is -0.126. The van der Waals surface area contributed by atoms with Gasteiger partial charge in [0.15, 0.2) is 5.17 Å². The summed E-state index contributed by atoms with van der Waals surface area (Å²) in [6.45, 7) is 1.91. The number of benzene rings is 2. The van der Waals surface area contributed by atoms with E-state index in [-0.39, 0.29) is 24.2 Å². The molecule has 1 aliphatic rings. The molecule has 1 fully saturated rings. The van der Waals surface area contributed by atoms with E-state index in [9.17, 15) is 14.4 Å². The van der Waals surface area contributed by atoms with Crippen molar-refractivity contribution in [1.82, 2.24) is 15.2 Å². The number of pyridine rings is 1. The van der Waals surface area contributed by atoms with Gasteiger partial charge in [0.05, 0.1) is 12.2 Å². The van der Waals surface area contributed by atoms with E-state index < -0.39 is 23.3 Å². The van der Waals surface area contributed by atoms with Crippen molar-refractivity contribution in [3.63, 3.8) is 0 Å². The summed E-state index contributed by atoms with van der Waals surface area (Å²) in [6.07, 6.45) is 0.965. The molecule has 4 rings (SSSR count). The molecule has 10 heteroatoms. The Hall–Kier alpha value is -4.18. The van der Waals surface area contributed by atoms with Gasteiger partial charge in [0.1, 0.15) is 17.9 Å². The SMILES string of the molecule is C[C@H](NC(=O)OCc1ccccc1)C(=O)Nc1ccc(C2SC(=N)N(Cc3ccccn3)C2=O)cc1. The van der Waals surface area contributed by atoms with Gasteiger partial charge in [-0.25, -0.2) is 4.79 Å². The fourth-order valence-corrected chi connectivity index (χ4v) is 4.51. The molecular formula is C26H25N5O4S. The van der Waals surface area contributed by atoms with Crippen LogP contribution in [0.2, 0.25) is 0 Å². The average molecular weight is 504 g/mol. The van der Waals surface area contributed by atoms with E-state index in [1.165, 1.54) is 16.7 Å². The Morgan fingerprint density at radius 1 is 1.08 bits per heavy atom. The number of aromatic nitrogens is 1. The molecule has 2 aromatic carbocycles. The van der Waals surface area contributed by atoms with Crippen LogP contribution in [-0.4, -0.2) is 39.0 Å². The summed E-state index contributed by atoms with van der Waals surface area (Å²) in [6, 6.07) is 20.7. The number of carbonyl (C=O) groups is 3. The largest absolute Gasteiger partial charge is 0.445 e. The van der Waals surface area contributed by atoms with E-state index in [1.54, 1.807) is 43.5 Å². The molecule has 0 bridgehead atoms. The number of anilines is 1. The average Bonchev–Trinajstić information content (AvgIpc) is 3.17. The molecule has 3 amide bonds. The Morgan fingerprint density at radius 2 is 1.81 bits per heavy atom. The summed E-state index contributed by atoms with van der Waals surface area (Å²) in [5, 5.41) is 13.1. The maximum absolute atomic E-state index is 12.9. The predicted molar refractivity (Wildman–Crippen MR) is 137 cm³/mol. The molecule has 1 aliphatic heterocycles. The predicted octanol–water partition coefficient (Wildman–Crippen LogP) is 4.09. The molecule has 1 unspecified atom stereocenters. The van der Waals surface area contributed by atoms with Crippen molar-refractivity contribution in [2.45, 2.75) is 31.4 Å². The third kappa shape index (κ3) is 6.28. The van der Waals surface area contributed by atoms with Crippen molar-refractivity contribution in [1.29, 1.82) is 5.41 Å². The van der Waals surface area contributed by atoms with E-state index in [1.807, 2.05) is 42.5 Å². The highest BCUT2D eigenvalue weighted by molar-refractivity contribution is 8.15. The first kappa shape index (κ1) is 24.9. The molecule has 1 aromatic heterocycles. The number of thioether (sulfide) groups is 1. The molecule has 3 aromatic rings. The molecular weight excluding hydrogens is 478 g/mol. The number of hydrogen-bond donors (Lipinski definition) is 3. The normalized spacial score (nSPS) is 15.9. The maximum Gasteiger partial charge on any atom is 0.408 e. The standard InChI is InChI=1S/C26H25N5O4S/c1-17(29-26(34)35-16-18-7-3-2-4-8-18)23(32)30-20-12-10-19(11-13-20)22-24(33)31(25(27)36-22)15-21-9-5-6-14-28-21/h2-14,17,22,27H,15-16H2,1H3,(H,29,34)(H,30,32)/t17-,22?/m0/s1. The van der Waals surface area contributed by atoms with Crippen molar-refractivity contribution in [3.05, 3.63) is 95.8 Å². The van der Waals surface area contributed by atoms with Gasteiger partial charge in [-0.3, -0.25) is 24.9 Å². The van der Waals surface area contributed by atoms with Crippen LogP contribution in [0.4, 0.5) is 10.5 Å². The van der Waals surface area contributed by atoms with Crippen LogP contribution in [0.1, 0.15) is 29.0 Å². The highest BCUT2D eigenvalue weighted by Crippen LogP contribution is 2.39. The van der Waals surface area contributed by atoms with Crippen molar-refractivity contribution >= 4 is 40.5 Å². The van der Waals surface area contributed by atoms with Gasteiger partial charge in [-0.1, -0.05) is 60.3 Å². The van der Waals surface area contributed by atoms with Gasteiger partial charge in [0.25, 0.3) is 0 Å². The third-order valence-corrected chi connectivity index (χ3v) is 6.59. The fraction of sp³-hybridized carbons (Fsp3) is 0.192. The molecule has 0 spiro atoms. The lowest BCUT2D eigenvalue weighted by Gasteiger charge is -2.16. The van der Waals surface area contributed by atoms with Gasteiger partial charge >= 0.3 is 6.09 Å². The number of alkyl carbamates (subject to hydrolysis) is 1. The number of amidine groups is 1. The van der Waals surface area contributed by atoms with Gasteiger partial charge in [0.2, 0.25) is 11.8 Å². The Labute approximate surface area is 212 Å². The molecule has 0 radical (unpaired) electrons. The highest BCUT2D eigenvalue weighted by Gasteiger charge is 2.38. The molecule has 9 nitrogen and oxygen atoms in total. The number of amides is 3. The maximum atomic E-state index is 12.9. The van der Waals surface area contributed by atoms with Crippen LogP contribution in [0, 0.1) is 5.41 Å². The summed E-state index contributed by atoms with van der Waals surface area (Å²) in [7, 11) is 0. The molecule has 184 valence electrons. The van der Waals surface area contributed by atoms with Gasteiger partial charge in [-0.05, 0) is 42.3 Å². The van der Waals surface area contributed by atoms with Crippen LogP contribution in [0.25, 0.3) is 0 Å². The second kappa shape index (κ2) is 11.5. The highest BCUT2D eigenvalue weighted by atomic mass is 32.2. The van der Waals surface area contributed by atoms with Crippen LogP contribution in [0.15, 0.2) is 79.0 Å². The number of ether oxygens (including phenoxy) is 1. The zero-order valence-electron chi connectivity index (χ0n) is 19.5. The number of nitrogens with one attached hydrogen (secondary N) is 3. The van der Waals surface area contributed by atoms with Crippen molar-refractivity contribution in [3.8, 4) is 0 Å². The van der Waals surface area contributed by atoms with Crippen molar-refractivity contribution < 1.29 is 19.1 Å². The number of hydrogen-bond acceptors (Lipinski definition) is 7. The lowest BCUT2D eigenvalue weighted by Crippen LogP contribution is -2.41. The smallest absolute Gasteiger partial charge is 0.408 e. The Kier molecular flexibility index (Phi) is 7.96. The van der Waals surface area contributed by atoms with Crippen LogP contribution < -0.4 is 10.6 Å². The number of carbonyl (C=O) groups excluding carboxylic acids is 3. The molecule has 1 saturated heterocycles. The molecule has 2 atom stereocenters. The van der Waals surface area contributed by atoms with E-state index in [0.29, 0.717) is 11.4 Å². The fourth-order valence-electron chi connectivity index (χ4n) is 3.48. The Balaban J connectivity index is 1.29. The molecule has 3 N–H and O–H groups in total. The Bertz CT molecular complexity index is 1240. The van der Waals surface area contributed by atoms with Crippen molar-refractivity contribution in [2.75, 3.05) is 5.32 Å². The molecule has 2 heterocycles. The minimum Gasteiger partial charge on any atom is -0.445 e. The summed E-state index contributed by atoms with van der Waals surface area (Å²) < 4.78 is 5.15. The van der Waals surface area contributed by atoms with Gasteiger partial charge in [0, 0.05) is 11.9 Å². The first-order chi connectivity index (χ1) is 17.4. The van der Waals surface area contributed by atoms with E-state index in [4.69, 9.17) is 10.1 Å². The lowest BCUT2D eigenvalue weighted by atomic mass is 10.1. The second-order valence-electron chi connectivity index (χ2n) is 8.09. The van der Waals surface area contributed by atoms with Crippen LogP contribution in [0.3, 0.4) is 0 Å². The summed E-state index contributed by atoms with van der Waals surface area (Å²) in [4.78, 5) is 43.1. The number of rotatable bonds is 8. The molecule has 0 saturated carbocycles. The van der Waals surface area contributed by atoms with Crippen molar-refractivity contribution in [2.24, 2.45) is 0 Å². The minimum atomic E-state index is -0.819. The summed E-state index contributed by atoms with van der Waals surface area (Å²) in [5.41, 5.74) is 2.80. The van der Waals surface area contributed by atoms with E-state index in [0.717, 1.165) is 11.1 Å². The first-order valence-corrected chi connectivity index (χ1v) is 12.1. The summed E-state index contributed by atoms with van der Waals surface area (Å²) >= 11 is 1.17. The molecule has 0 aliphatic carbocycles. The molecule has 36 heavy (non-hydrogen) atoms. The Morgan fingerprint density at radius 3 is 2.50 bits per heavy atom. The third-order valence-electron chi connectivity index (χ3n) is 5.43. The van der Waals surface area contributed by atoms with Gasteiger partial charge in [-0.2, -0.15) is 0 Å². The quantitative estimate of drug-likeness (QED) is 0.425. The minimum absolute atomic E-state index is 0.108. The topological polar surface area (TPSA) is 124 Å². The van der Waals surface area contributed by atoms with E-state index in [2.05, 4.69) is 15.6 Å². The first-order valence-electron chi connectivity index (χ1n) is 11.3. The zero-order chi connectivity index (χ0) is 25.5. The van der Waals surface area contributed by atoms with Crippen LogP contribution in [0.5, 0.6) is 0 Å². The number of nitrogens with zero attached hydrogens (tertiary/aromatic N) is 2. The van der Waals surface area contributed by atoms with Crippen LogP contribution in [-0.2, 0) is 27.5 Å². The second-order valence-corrected chi connectivity index (χ2v) is 9.18. The monoisotopic (exact) mass is 503 g/mol. The summed E-state index contributed by atoms with van der Waals surface area (Å²) in [5.74, 6) is -0.590. The zero-order valence-corrected chi connectivity index (χ0v) is 20.3. The van der Waals surface area contributed by atoms with E-state index >= 15 is 0 Å². The van der Waals surface area contributed by atoms with Crippen LogP contribution >= 0.6 is 11.8 Å². The van der Waals surface area contributed by atoms with Gasteiger partial charge < -0.3 is 15.4 Å².